The number of hydrogen-bond donors (Lipinski definition) is 1. The van der Waals surface area contributed by atoms with Crippen molar-refractivity contribution in [2.45, 2.75) is 63.3 Å². The zero-order valence-electron chi connectivity index (χ0n) is 13.1. The van der Waals surface area contributed by atoms with Gasteiger partial charge in [0.15, 0.2) is 9.84 Å². The Morgan fingerprint density at radius 3 is 2.38 bits per heavy atom. The van der Waals surface area contributed by atoms with Crippen molar-refractivity contribution < 1.29 is 8.42 Å². The third-order valence-electron chi connectivity index (χ3n) is 4.47. The molecule has 0 aromatic heterocycles. The lowest BCUT2D eigenvalue weighted by molar-refractivity contribution is 0.317. The number of anilines is 1. The van der Waals surface area contributed by atoms with E-state index in [0.29, 0.717) is 17.4 Å². The Bertz CT molecular complexity index is 536. The molecule has 1 aliphatic carbocycles. The molecule has 0 bridgehead atoms. The first-order valence-corrected chi connectivity index (χ1v) is 9.81. The van der Waals surface area contributed by atoms with Gasteiger partial charge in [0.1, 0.15) is 0 Å². The Morgan fingerprint density at radius 2 is 1.76 bits per heavy atom. The molecule has 118 valence electrons. The normalized spacial score (nSPS) is 23.0. The number of benzene rings is 1. The minimum atomic E-state index is -3.10. The molecule has 1 fully saturated rings. The second kappa shape index (κ2) is 7.30. The third kappa shape index (κ3) is 4.22. The molecular weight excluding hydrogens is 282 g/mol. The van der Waals surface area contributed by atoms with Crippen molar-refractivity contribution in [3.05, 3.63) is 24.3 Å². The van der Waals surface area contributed by atoms with Gasteiger partial charge in [0, 0.05) is 11.7 Å². The summed E-state index contributed by atoms with van der Waals surface area (Å²) in [5.41, 5.74) is 1.04. The van der Waals surface area contributed by atoms with Crippen LogP contribution in [0.15, 0.2) is 29.2 Å². The van der Waals surface area contributed by atoms with Crippen LogP contribution < -0.4 is 5.32 Å². The lowest BCUT2D eigenvalue weighted by Crippen LogP contribution is -2.31. The highest BCUT2D eigenvalue weighted by molar-refractivity contribution is 7.91. The molecule has 2 atom stereocenters. The van der Waals surface area contributed by atoms with Gasteiger partial charge in [-0.25, -0.2) is 8.42 Å². The van der Waals surface area contributed by atoms with E-state index in [0.717, 1.165) is 11.6 Å². The van der Waals surface area contributed by atoms with E-state index >= 15 is 0 Å². The molecular formula is C17H27NO2S. The van der Waals surface area contributed by atoms with Crippen LogP contribution in [0.3, 0.4) is 0 Å². The fourth-order valence-corrected chi connectivity index (χ4v) is 4.57. The second-order valence-electron chi connectivity index (χ2n) is 6.05. The summed E-state index contributed by atoms with van der Waals surface area (Å²) in [6.45, 7) is 4.15. The Hall–Kier alpha value is -1.03. The summed E-state index contributed by atoms with van der Waals surface area (Å²) in [6, 6.07) is 7.81. The summed E-state index contributed by atoms with van der Waals surface area (Å²) < 4.78 is 24.0. The van der Waals surface area contributed by atoms with Crippen molar-refractivity contribution in [1.29, 1.82) is 0 Å². The molecule has 0 spiro atoms. The maximum Gasteiger partial charge on any atom is 0.178 e. The summed E-state index contributed by atoms with van der Waals surface area (Å²) >= 11 is 0. The predicted molar refractivity (Wildman–Crippen MR) is 88.4 cm³/mol. The summed E-state index contributed by atoms with van der Waals surface area (Å²) in [4.78, 5) is 0.436. The molecule has 0 radical (unpaired) electrons. The molecule has 0 saturated heterocycles. The molecule has 2 rings (SSSR count). The number of nitrogens with one attached hydrogen (secondary N) is 1. The van der Waals surface area contributed by atoms with Gasteiger partial charge in [-0.15, -0.1) is 0 Å². The first-order chi connectivity index (χ1) is 10.1. The molecule has 0 amide bonds. The van der Waals surface area contributed by atoms with Crippen LogP contribution in [0.2, 0.25) is 0 Å². The standard InChI is InChI=1S/C17H27NO2S/c1-3-13-21(19,20)16-11-9-15(10-12-16)18-17-8-6-5-7-14(17)4-2/h9-12,14,17-18H,3-8,13H2,1-2H3. The van der Waals surface area contributed by atoms with Gasteiger partial charge in [0.25, 0.3) is 0 Å². The Labute approximate surface area is 129 Å². The van der Waals surface area contributed by atoms with Crippen molar-refractivity contribution in [3.8, 4) is 0 Å². The fourth-order valence-electron chi connectivity index (χ4n) is 3.25. The zero-order chi connectivity index (χ0) is 15.3. The highest BCUT2D eigenvalue weighted by Crippen LogP contribution is 2.29. The molecule has 1 N–H and O–H groups in total. The fraction of sp³-hybridized carbons (Fsp3) is 0.647. The van der Waals surface area contributed by atoms with E-state index in [4.69, 9.17) is 0 Å². The van der Waals surface area contributed by atoms with Gasteiger partial charge in [0.2, 0.25) is 0 Å². The van der Waals surface area contributed by atoms with Gasteiger partial charge in [-0.3, -0.25) is 0 Å². The van der Waals surface area contributed by atoms with Crippen LogP contribution in [0.4, 0.5) is 5.69 Å². The highest BCUT2D eigenvalue weighted by Gasteiger charge is 2.23. The van der Waals surface area contributed by atoms with Crippen LogP contribution in [0.5, 0.6) is 0 Å². The van der Waals surface area contributed by atoms with Gasteiger partial charge in [-0.05, 0) is 49.4 Å². The van der Waals surface area contributed by atoms with Crippen molar-refractivity contribution in [3.63, 3.8) is 0 Å². The van der Waals surface area contributed by atoms with E-state index in [2.05, 4.69) is 12.2 Å². The number of rotatable bonds is 6. The molecule has 1 saturated carbocycles. The third-order valence-corrected chi connectivity index (χ3v) is 6.41. The van der Waals surface area contributed by atoms with Crippen LogP contribution in [-0.2, 0) is 9.84 Å². The van der Waals surface area contributed by atoms with Crippen molar-refractivity contribution in [2.24, 2.45) is 5.92 Å². The molecule has 1 aromatic carbocycles. The van der Waals surface area contributed by atoms with Crippen LogP contribution in [-0.4, -0.2) is 20.2 Å². The minimum Gasteiger partial charge on any atom is -0.382 e. The van der Waals surface area contributed by atoms with Gasteiger partial charge >= 0.3 is 0 Å². The number of hydrogen-bond acceptors (Lipinski definition) is 3. The van der Waals surface area contributed by atoms with E-state index in [9.17, 15) is 8.42 Å². The largest absolute Gasteiger partial charge is 0.382 e. The van der Waals surface area contributed by atoms with E-state index in [1.54, 1.807) is 12.1 Å². The van der Waals surface area contributed by atoms with Crippen LogP contribution in [0, 0.1) is 5.92 Å². The van der Waals surface area contributed by atoms with Crippen LogP contribution in [0.1, 0.15) is 52.4 Å². The minimum absolute atomic E-state index is 0.223. The molecule has 1 aliphatic rings. The molecule has 0 aliphatic heterocycles. The van der Waals surface area contributed by atoms with E-state index in [1.807, 2.05) is 19.1 Å². The average Bonchev–Trinajstić information content (AvgIpc) is 2.48. The number of sulfone groups is 1. The average molecular weight is 309 g/mol. The Morgan fingerprint density at radius 1 is 1.10 bits per heavy atom. The van der Waals surface area contributed by atoms with Gasteiger partial charge in [-0.1, -0.05) is 33.1 Å². The topological polar surface area (TPSA) is 46.2 Å². The molecule has 2 unspecified atom stereocenters. The summed E-state index contributed by atoms with van der Waals surface area (Å²) in [5.74, 6) is 0.961. The van der Waals surface area contributed by atoms with E-state index in [1.165, 1.54) is 32.1 Å². The predicted octanol–water partition coefficient (Wildman–Crippen LogP) is 4.25. The van der Waals surface area contributed by atoms with Crippen molar-refractivity contribution in [2.75, 3.05) is 11.1 Å². The first kappa shape index (κ1) is 16.3. The molecule has 3 nitrogen and oxygen atoms in total. The smallest absolute Gasteiger partial charge is 0.178 e. The summed E-state index contributed by atoms with van der Waals surface area (Å²) in [7, 11) is -3.10. The maximum atomic E-state index is 12.0. The van der Waals surface area contributed by atoms with Crippen LogP contribution in [0.25, 0.3) is 0 Å². The quantitative estimate of drug-likeness (QED) is 0.854. The molecule has 0 heterocycles. The van der Waals surface area contributed by atoms with Gasteiger partial charge < -0.3 is 5.32 Å². The van der Waals surface area contributed by atoms with E-state index in [-0.39, 0.29) is 5.75 Å². The Kier molecular flexibility index (Phi) is 5.68. The lowest BCUT2D eigenvalue weighted by Gasteiger charge is -2.32. The highest BCUT2D eigenvalue weighted by atomic mass is 32.2. The second-order valence-corrected chi connectivity index (χ2v) is 8.16. The monoisotopic (exact) mass is 309 g/mol. The van der Waals surface area contributed by atoms with Gasteiger partial charge in [-0.2, -0.15) is 0 Å². The van der Waals surface area contributed by atoms with Gasteiger partial charge in [0.05, 0.1) is 10.6 Å². The van der Waals surface area contributed by atoms with E-state index < -0.39 is 9.84 Å². The molecule has 21 heavy (non-hydrogen) atoms. The summed E-state index contributed by atoms with van der Waals surface area (Å²) in [5, 5.41) is 3.60. The first-order valence-electron chi connectivity index (χ1n) is 8.16. The maximum absolute atomic E-state index is 12.0. The van der Waals surface area contributed by atoms with Crippen molar-refractivity contribution >= 4 is 15.5 Å². The summed E-state index contributed by atoms with van der Waals surface area (Å²) in [6.07, 6.45) is 7.01. The lowest BCUT2D eigenvalue weighted by atomic mass is 9.83. The molecule has 4 heteroatoms. The Balaban J connectivity index is 2.05. The van der Waals surface area contributed by atoms with Crippen LogP contribution >= 0.6 is 0 Å². The SMILES string of the molecule is CCCS(=O)(=O)c1ccc(NC2CCCCC2CC)cc1. The molecule has 1 aromatic rings. The zero-order valence-corrected chi connectivity index (χ0v) is 14.0. The van der Waals surface area contributed by atoms with Crippen molar-refractivity contribution in [1.82, 2.24) is 0 Å².